The zero-order chi connectivity index (χ0) is 8.27. The minimum atomic E-state index is 0.527. The summed E-state index contributed by atoms with van der Waals surface area (Å²) < 4.78 is 0.527. The number of unbranched alkanes of at least 4 members (excludes halogenated alkanes) is 1. The van der Waals surface area contributed by atoms with E-state index in [1.807, 2.05) is 0 Å². The molecule has 0 radical (unpaired) electrons. The van der Waals surface area contributed by atoms with Crippen LogP contribution in [0.2, 0.25) is 0 Å². The fourth-order valence-electron chi connectivity index (χ4n) is 1.09. The number of rotatable bonds is 3. The minimum Gasteiger partial charge on any atom is -0.351 e. The van der Waals surface area contributed by atoms with E-state index < -0.39 is 0 Å². The van der Waals surface area contributed by atoms with E-state index >= 15 is 0 Å². The van der Waals surface area contributed by atoms with Crippen molar-refractivity contribution in [1.82, 2.24) is 9.80 Å². The maximum absolute atomic E-state index is 2.45. The Balaban J connectivity index is 2.31. The van der Waals surface area contributed by atoms with Crippen molar-refractivity contribution in [2.24, 2.45) is 0 Å². The van der Waals surface area contributed by atoms with E-state index in [4.69, 9.17) is 0 Å². The summed E-state index contributed by atoms with van der Waals surface area (Å²) in [5.74, 6) is 0. The van der Waals surface area contributed by atoms with Crippen molar-refractivity contribution in [3.05, 3.63) is 12.4 Å². The molecule has 0 N–H and O–H groups in total. The summed E-state index contributed by atoms with van der Waals surface area (Å²) in [6.07, 6.45) is 6.87. The second kappa shape index (κ2) is 4.18. The van der Waals surface area contributed by atoms with Crippen LogP contribution in [0.4, 0.5) is 0 Å². The van der Waals surface area contributed by atoms with Gasteiger partial charge in [0.15, 0.2) is 4.17 Å². The van der Waals surface area contributed by atoms with Crippen LogP contribution in [-0.4, -0.2) is 27.6 Å². The fraction of sp³-hybridized carbons (Fsp3) is 0.750. The number of nitrogens with zero attached hydrogens (tertiary/aromatic N) is 2. The summed E-state index contributed by atoms with van der Waals surface area (Å²) in [4.78, 5) is 4.58. The highest BCUT2D eigenvalue weighted by molar-refractivity contribution is 14.1. The van der Waals surface area contributed by atoms with Crippen LogP contribution in [0.1, 0.15) is 19.8 Å². The second-order valence-corrected chi connectivity index (χ2v) is 3.98. The first-order valence-electron chi connectivity index (χ1n) is 4.05. The molecule has 2 nitrogen and oxygen atoms in total. The summed E-state index contributed by atoms with van der Waals surface area (Å²) in [6.45, 7) is 3.41. The van der Waals surface area contributed by atoms with Crippen LogP contribution in [0.3, 0.4) is 0 Å². The molecule has 0 saturated carbocycles. The van der Waals surface area contributed by atoms with E-state index in [-0.39, 0.29) is 0 Å². The first kappa shape index (κ1) is 9.16. The summed E-state index contributed by atoms with van der Waals surface area (Å²) in [7, 11) is 2.11. The van der Waals surface area contributed by atoms with Crippen molar-refractivity contribution in [1.29, 1.82) is 0 Å². The summed E-state index contributed by atoms with van der Waals surface area (Å²) in [5.41, 5.74) is 0. The zero-order valence-electron chi connectivity index (χ0n) is 7.13. The van der Waals surface area contributed by atoms with Gasteiger partial charge in [0.1, 0.15) is 0 Å². The molecule has 3 heteroatoms. The quantitative estimate of drug-likeness (QED) is 0.439. The van der Waals surface area contributed by atoms with Crippen LogP contribution in [0, 0.1) is 0 Å². The van der Waals surface area contributed by atoms with Gasteiger partial charge in [0, 0.05) is 26.0 Å². The maximum Gasteiger partial charge on any atom is 0.154 e. The largest absolute Gasteiger partial charge is 0.351 e. The van der Waals surface area contributed by atoms with Gasteiger partial charge in [-0.1, -0.05) is 13.3 Å². The highest BCUT2D eigenvalue weighted by atomic mass is 127. The normalized spacial score (nSPS) is 23.4. The Labute approximate surface area is 82.4 Å². The first-order chi connectivity index (χ1) is 5.25. The van der Waals surface area contributed by atoms with Gasteiger partial charge >= 0.3 is 0 Å². The third-order valence-electron chi connectivity index (χ3n) is 1.87. The number of hydrogen-bond acceptors (Lipinski definition) is 2. The molecule has 1 aliphatic heterocycles. The Morgan fingerprint density at radius 2 is 2.18 bits per heavy atom. The van der Waals surface area contributed by atoms with Crippen LogP contribution >= 0.6 is 22.6 Å². The van der Waals surface area contributed by atoms with Crippen LogP contribution in [0.5, 0.6) is 0 Å². The Kier molecular flexibility index (Phi) is 3.48. The number of alkyl halides is 1. The van der Waals surface area contributed by atoms with Gasteiger partial charge in [-0.05, 0) is 29.0 Å². The molecule has 1 rings (SSSR count). The minimum absolute atomic E-state index is 0.527. The highest BCUT2D eigenvalue weighted by Gasteiger charge is 2.18. The summed E-state index contributed by atoms with van der Waals surface area (Å²) in [5, 5.41) is 0. The van der Waals surface area contributed by atoms with Crippen LogP contribution in [-0.2, 0) is 0 Å². The lowest BCUT2D eigenvalue weighted by atomic mass is 10.3. The molecule has 0 bridgehead atoms. The van der Waals surface area contributed by atoms with Gasteiger partial charge in [-0.15, -0.1) is 0 Å². The monoisotopic (exact) mass is 266 g/mol. The topological polar surface area (TPSA) is 6.48 Å². The molecule has 0 aromatic heterocycles. The van der Waals surface area contributed by atoms with Gasteiger partial charge in [0.25, 0.3) is 0 Å². The molecular weight excluding hydrogens is 251 g/mol. The molecule has 0 saturated heterocycles. The van der Waals surface area contributed by atoms with E-state index in [1.54, 1.807) is 0 Å². The highest BCUT2D eigenvalue weighted by Crippen LogP contribution is 2.19. The molecule has 0 spiro atoms. The third-order valence-corrected chi connectivity index (χ3v) is 3.47. The Morgan fingerprint density at radius 1 is 1.45 bits per heavy atom. The lowest BCUT2D eigenvalue weighted by molar-refractivity contribution is 0.274. The van der Waals surface area contributed by atoms with Gasteiger partial charge in [-0.2, -0.15) is 0 Å². The van der Waals surface area contributed by atoms with Crippen LogP contribution in [0.15, 0.2) is 12.4 Å². The Morgan fingerprint density at radius 3 is 2.64 bits per heavy atom. The van der Waals surface area contributed by atoms with Crippen molar-refractivity contribution in [2.75, 3.05) is 13.6 Å². The summed E-state index contributed by atoms with van der Waals surface area (Å²) in [6, 6.07) is 0. The average molecular weight is 266 g/mol. The number of halogens is 1. The lowest BCUT2D eigenvalue weighted by Crippen LogP contribution is -2.31. The number of hydrogen-bond donors (Lipinski definition) is 0. The lowest BCUT2D eigenvalue weighted by Gasteiger charge is -2.24. The molecule has 0 aliphatic carbocycles. The van der Waals surface area contributed by atoms with Gasteiger partial charge in [0.2, 0.25) is 0 Å². The van der Waals surface area contributed by atoms with Gasteiger partial charge < -0.3 is 9.80 Å². The van der Waals surface area contributed by atoms with E-state index in [0.29, 0.717) is 4.17 Å². The molecule has 0 aromatic carbocycles. The molecular formula is C8H15IN2. The van der Waals surface area contributed by atoms with Crippen molar-refractivity contribution in [3.8, 4) is 0 Å². The van der Waals surface area contributed by atoms with Crippen molar-refractivity contribution < 1.29 is 0 Å². The van der Waals surface area contributed by atoms with Crippen LogP contribution in [0.25, 0.3) is 0 Å². The van der Waals surface area contributed by atoms with E-state index in [0.717, 1.165) is 0 Å². The van der Waals surface area contributed by atoms with E-state index in [2.05, 4.69) is 58.8 Å². The second-order valence-electron chi connectivity index (χ2n) is 2.87. The fourth-order valence-corrected chi connectivity index (χ4v) is 1.74. The molecule has 0 aromatic rings. The van der Waals surface area contributed by atoms with E-state index in [9.17, 15) is 0 Å². The Bertz CT molecular complexity index is 147. The average Bonchev–Trinajstić information content (AvgIpc) is 2.31. The first-order valence-corrected chi connectivity index (χ1v) is 5.30. The zero-order valence-corrected chi connectivity index (χ0v) is 9.28. The molecule has 1 aliphatic rings. The maximum atomic E-state index is 2.45. The molecule has 1 atom stereocenters. The standard InChI is InChI=1S/C8H15IN2/c1-3-4-5-11-7-6-10(2)8(11)9/h6-8H,3-5H2,1-2H3. The molecule has 11 heavy (non-hydrogen) atoms. The summed E-state index contributed by atoms with van der Waals surface area (Å²) >= 11 is 2.45. The molecule has 0 fully saturated rings. The molecule has 64 valence electrons. The smallest absolute Gasteiger partial charge is 0.154 e. The van der Waals surface area contributed by atoms with Gasteiger partial charge in [-0.25, -0.2) is 0 Å². The predicted octanol–water partition coefficient (Wildman–Crippen LogP) is 2.22. The third kappa shape index (κ3) is 2.25. The van der Waals surface area contributed by atoms with Crippen molar-refractivity contribution >= 4 is 22.6 Å². The van der Waals surface area contributed by atoms with Crippen molar-refractivity contribution in [3.63, 3.8) is 0 Å². The van der Waals surface area contributed by atoms with Crippen LogP contribution < -0.4 is 0 Å². The molecule has 0 amide bonds. The molecule has 1 unspecified atom stereocenters. The van der Waals surface area contributed by atoms with E-state index in [1.165, 1.54) is 19.4 Å². The van der Waals surface area contributed by atoms with Gasteiger partial charge in [-0.3, -0.25) is 0 Å². The Hall–Kier alpha value is 0.0700. The predicted molar refractivity (Wildman–Crippen MR) is 56.3 cm³/mol. The SMILES string of the molecule is CCCCN1C=CN(C)C1I. The van der Waals surface area contributed by atoms with Gasteiger partial charge in [0.05, 0.1) is 0 Å². The van der Waals surface area contributed by atoms with Crippen molar-refractivity contribution in [2.45, 2.75) is 23.9 Å². The molecule has 1 heterocycles.